The highest BCUT2D eigenvalue weighted by Crippen LogP contribution is 2.38. The Morgan fingerprint density at radius 3 is 1.13 bits per heavy atom. The second kappa shape index (κ2) is 21.4. The molecule has 12 aromatic rings. The molecule has 9 aromatic carbocycles. The molecule has 9 heteroatoms. The molecule has 0 amide bonds. The number of fused-ring (bicyclic) bond motifs is 12. The molecule has 3 aromatic heterocycles. The minimum Gasteiger partial charge on any atom is -0.383 e. The molecule has 0 aliphatic heterocycles. The van der Waals surface area contributed by atoms with E-state index in [1.807, 2.05) is 27.2 Å². The number of likely N-dealkylation sites (N-methyl/N-ethyl adjacent to an activating group) is 3. The largest absolute Gasteiger partial charge is 0.383 e. The third kappa shape index (κ3) is 9.68. The van der Waals surface area contributed by atoms with Gasteiger partial charge in [0.1, 0.15) is 0 Å². The molecule has 9 nitrogen and oxygen atoms in total. The van der Waals surface area contributed by atoms with Gasteiger partial charge in [0, 0.05) is 87.7 Å². The molecule has 0 unspecified atom stereocenters. The van der Waals surface area contributed by atoms with Crippen molar-refractivity contribution in [3.8, 4) is 0 Å². The van der Waals surface area contributed by atoms with E-state index in [2.05, 4.69) is 210 Å². The van der Waals surface area contributed by atoms with Crippen LogP contribution < -0.4 is 31.9 Å². The van der Waals surface area contributed by atoms with Crippen LogP contribution in [0.25, 0.3) is 97.7 Å². The normalized spacial score (nSPS) is 11.4. The molecular formula is C62H61N9. The topological polar surface area (TPSA) is 111 Å². The first-order valence-electron chi connectivity index (χ1n) is 24.7. The molecule has 0 aliphatic rings. The van der Waals surface area contributed by atoms with Gasteiger partial charge in [-0.2, -0.15) is 0 Å². The predicted molar refractivity (Wildman–Crippen MR) is 307 cm³/mol. The zero-order valence-electron chi connectivity index (χ0n) is 41.3. The average molecular weight is 932 g/mol. The van der Waals surface area contributed by atoms with Crippen molar-refractivity contribution in [2.45, 2.75) is 13.8 Å². The zero-order valence-corrected chi connectivity index (χ0v) is 41.3. The van der Waals surface area contributed by atoms with Crippen LogP contribution in [0.2, 0.25) is 0 Å². The second-order valence-corrected chi connectivity index (χ2v) is 18.2. The van der Waals surface area contributed by atoms with E-state index in [0.29, 0.717) is 0 Å². The Bertz CT molecular complexity index is 3870. The summed E-state index contributed by atoms with van der Waals surface area (Å²) >= 11 is 0. The molecule has 0 atom stereocenters. The van der Waals surface area contributed by atoms with E-state index < -0.39 is 0 Å². The van der Waals surface area contributed by atoms with Gasteiger partial charge in [-0.3, -0.25) is 0 Å². The van der Waals surface area contributed by atoms with Gasteiger partial charge in [-0.25, -0.2) is 15.0 Å². The van der Waals surface area contributed by atoms with Crippen LogP contribution >= 0.6 is 0 Å². The van der Waals surface area contributed by atoms with Crippen LogP contribution in [0.5, 0.6) is 0 Å². The minimum atomic E-state index is 0.880. The van der Waals surface area contributed by atoms with Gasteiger partial charge in [-0.15, -0.1) is 0 Å². The van der Waals surface area contributed by atoms with Crippen LogP contribution in [0.3, 0.4) is 0 Å². The number of anilines is 3. The van der Waals surface area contributed by atoms with Gasteiger partial charge >= 0.3 is 0 Å². The fourth-order valence-corrected chi connectivity index (χ4v) is 9.71. The molecule has 0 spiro atoms. The van der Waals surface area contributed by atoms with Crippen LogP contribution in [0.1, 0.15) is 11.1 Å². The summed E-state index contributed by atoms with van der Waals surface area (Å²) in [4.78, 5) is 14.9. The number of nitrogens with zero attached hydrogens (tertiary/aromatic N) is 3. The maximum atomic E-state index is 5.00. The maximum absolute atomic E-state index is 5.00. The fourth-order valence-electron chi connectivity index (χ4n) is 9.71. The highest BCUT2D eigenvalue weighted by molar-refractivity contribution is 6.18. The lowest BCUT2D eigenvalue weighted by atomic mass is 10.0. The fraction of sp³-hybridized carbons (Fsp3) is 0.177. The molecule has 354 valence electrons. The van der Waals surface area contributed by atoms with E-state index in [1.54, 1.807) is 0 Å². The molecule has 71 heavy (non-hydrogen) atoms. The van der Waals surface area contributed by atoms with Crippen molar-refractivity contribution in [2.75, 3.05) is 76.4 Å². The lowest BCUT2D eigenvalue weighted by molar-refractivity contribution is 0.825. The van der Waals surface area contributed by atoms with Crippen molar-refractivity contribution in [1.29, 1.82) is 0 Å². The van der Waals surface area contributed by atoms with Crippen molar-refractivity contribution in [1.82, 2.24) is 30.9 Å². The summed E-state index contributed by atoms with van der Waals surface area (Å²) in [6.07, 6.45) is 0. The number of hydrogen-bond donors (Lipinski definition) is 6. The molecule has 3 heterocycles. The van der Waals surface area contributed by atoms with Crippen LogP contribution in [-0.4, -0.2) is 75.4 Å². The zero-order chi connectivity index (χ0) is 48.7. The van der Waals surface area contributed by atoms with Gasteiger partial charge in [0.15, 0.2) is 0 Å². The van der Waals surface area contributed by atoms with Crippen molar-refractivity contribution in [3.63, 3.8) is 0 Å². The van der Waals surface area contributed by atoms with Gasteiger partial charge in [0.2, 0.25) is 0 Å². The van der Waals surface area contributed by atoms with Gasteiger partial charge in [0.05, 0.1) is 50.2 Å². The summed E-state index contributed by atoms with van der Waals surface area (Å²) in [6.45, 7) is 9.65. The summed E-state index contributed by atoms with van der Waals surface area (Å²) in [6, 6.07) is 59.7. The third-order valence-corrected chi connectivity index (χ3v) is 13.3. The Hall–Kier alpha value is -7.95. The Kier molecular flexibility index (Phi) is 14.1. The van der Waals surface area contributed by atoms with E-state index in [4.69, 9.17) is 15.0 Å². The standard InChI is InChI=1S/2C21H21N3.C20H19N3/c1-14-7-10-19-18(13-14)20(23-12-11-22-2)17-9-8-15-5-3-4-6-16(15)21(17)24-19;1-14-7-9-17-19(13-14)24-21-16-6-4-3-5-15(16)8-10-18(21)20(17)23-12-11-22-2;1-21-12-13-22-19-16-8-4-5-9-18(16)23-20-15-7-3-2-6-14(15)10-11-17(19)20/h2*3-10,13,22H,11-12H2,1-2H3,(H,23,24);2-11,21H,12-13H2,1H3,(H,22,23). The number of hydrogen-bond acceptors (Lipinski definition) is 9. The van der Waals surface area contributed by atoms with Crippen LogP contribution in [0.4, 0.5) is 17.1 Å². The summed E-state index contributed by atoms with van der Waals surface area (Å²) in [5.74, 6) is 0. The van der Waals surface area contributed by atoms with E-state index in [0.717, 1.165) is 72.4 Å². The average Bonchev–Trinajstić information content (AvgIpc) is 3.40. The Labute approximate surface area is 415 Å². The number of benzene rings is 9. The quantitative estimate of drug-likeness (QED) is 0.0405. The number of pyridine rings is 3. The number of para-hydroxylation sites is 1. The number of rotatable bonds is 12. The van der Waals surface area contributed by atoms with E-state index in [9.17, 15) is 0 Å². The third-order valence-electron chi connectivity index (χ3n) is 13.3. The van der Waals surface area contributed by atoms with Gasteiger partial charge in [-0.1, -0.05) is 151 Å². The molecular weight excluding hydrogens is 871 g/mol. The molecule has 0 saturated carbocycles. The minimum absolute atomic E-state index is 0.880. The van der Waals surface area contributed by atoms with Crippen molar-refractivity contribution < 1.29 is 0 Å². The van der Waals surface area contributed by atoms with Gasteiger partial charge in [0.25, 0.3) is 0 Å². The van der Waals surface area contributed by atoms with Crippen molar-refractivity contribution >= 4 is 115 Å². The van der Waals surface area contributed by atoms with Crippen LogP contribution in [0, 0.1) is 13.8 Å². The SMILES string of the molecule is CNCCNc1c2cc(C)ccc2nc2c1ccc1ccccc12.CNCCNc1c2ccc(C)cc2nc2c1ccc1ccccc12.CNCCNc1c2ccccc2nc2c1ccc1ccccc12. The van der Waals surface area contributed by atoms with Gasteiger partial charge < -0.3 is 31.9 Å². The second-order valence-electron chi connectivity index (χ2n) is 18.2. The Morgan fingerprint density at radius 2 is 0.648 bits per heavy atom. The smallest absolute Gasteiger partial charge is 0.0808 e. The highest BCUT2D eigenvalue weighted by Gasteiger charge is 2.14. The van der Waals surface area contributed by atoms with E-state index in [1.165, 1.54) is 92.8 Å². The molecule has 12 rings (SSSR count). The Morgan fingerprint density at radius 1 is 0.296 bits per heavy atom. The predicted octanol–water partition coefficient (Wildman–Crippen LogP) is 13.1. The molecule has 0 bridgehead atoms. The molecule has 0 aliphatic carbocycles. The van der Waals surface area contributed by atoms with Crippen LogP contribution in [-0.2, 0) is 0 Å². The number of aromatic nitrogens is 3. The number of aryl methyl sites for hydroxylation is 2. The molecule has 0 radical (unpaired) electrons. The lowest BCUT2D eigenvalue weighted by Gasteiger charge is -2.15. The first-order chi connectivity index (χ1) is 34.9. The first kappa shape index (κ1) is 46.8. The first-order valence-corrected chi connectivity index (χ1v) is 24.7. The summed E-state index contributed by atoms with van der Waals surface area (Å²) < 4.78 is 0. The highest BCUT2D eigenvalue weighted by atomic mass is 15.0. The van der Waals surface area contributed by atoms with Crippen LogP contribution in [0.15, 0.2) is 170 Å². The monoisotopic (exact) mass is 932 g/mol. The molecule has 0 saturated heterocycles. The van der Waals surface area contributed by atoms with Crippen molar-refractivity contribution in [2.24, 2.45) is 0 Å². The van der Waals surface area contributed by atoms with E-state index in [-0.39, 0.29) is 0 Å². The molecule has 6 N–H and O–H groups in total. The van der Waals surface area contributed by atoms with E-state index >= 15 is 0 Å². The van der Waals surface area contributed by atoms with Crippen molar-refractivity contribution in [3.05, 3.63) is 181 Å². The maximum Gasteiger partial charge on any atom is 0.0808 e. The number of nitrogens with one attached hydrogen (secondary N) is 6. The van der Waals surface area contributed by atoms with Gasteiger partial charge in [-0.05, 0) is 81.0 Å². The lowest BCUT2D eigenvalue weighted by Crippen LogP contribution is -2.18. The summed E-state index contributed by atoms with van der Waals surface area (Å²) in [5, 5.41) is 34.8. The summed E-state index contributed by atoms with van der Waals surface area (Å²) in [5.41, 5.74) is 12.3. The molecule has 0 fully saturated rings. The summed E-state index contributed by atoms with van der Waals surface area (Å²) in [7, 11) is 5.92. The Balaban J connectivity index is 0.000000123.